The molecule has 1 aliphatic rings. The first kappa shape index (κ1) is 22.7. The fourth-order valence-corrected chi connectivity index (χ4v) is 5.89. The minimum absolute atomic E-state index is 0.0206. The van der Waals surface area contributed by atoms with Crippen LogP contribution in [0.3, 0.4) is 0 Å². The second kappa shape index (κ2) is 9.14. The van der Waals surface area contributed by atoms with Gasteiger partial charge in [-0.05, 0) is 72.2 Å². The number of hydrogen-bond donors (Lipinski definition) is 1. The first-order valence-electron chi connectivity index (χ1n) is 9.86. The molecule has 0 unspecified atom stereocenters. The summed E-state index contributed by atoms with van der Waals surface area (Å²) in [5.74, 6) is -0.437. The van der Waals surface area contributed by atoms with Crippen molar-refractivity contribution in [3.8, 4) is 5.69 Å². The summed E-state index contributed by atoms with van der Waals surface area (Å²) in [5.41, 5.74) is 2.37. The van der Waals surface area contributed by atoms with Crippen molar-refractivity contribution in [3.63, 3.8) is 0 Å². The molecule has 1 aromatic heterocycles. The molecule has 0 saturated carbocycles. The zero-order valence-electron chi connectivity index (χ0n) is 17.1. The lowest BCUT2D eigenvalue weighted by molar-refractivity contribution is -0.120. The van der Waals surface area contributed by atoms with E-state index >= 15 is 0 Å². The third kappa shape index (κ3) is 4.63. The molecular formula is C20H20Cl2N6O3S. The molecule has 4 rings (SSSR count). The van der Waals surface area contributed by atoms with Crippen molar-refractivity contribution in [3.05, 3.63) is 58.3 Å². The summed E-state index contributed by atoms with van der Waals surface area (Å²) in [5, 5.41) is 14.5. The maximum Gasteiger partial charge on any atom is 0.244 e. The van der Waals surface area contributed by atoms with E-state index in [2.05, 4.69) is 20.8 Å². The van der Waals surface area contributed by atoms with Crippen molar-refractivity contribution in [2.45, 2.75) is 24.7 Å². The van der Waals surface area contributed by atoms with Crippen LogP contribution in [0.4, 0.5) is 5.69 Å². The molecule has 32 heavy (non-hydrogen) atoms. The fraction of sp³-hybridized carbons (Fsp3) is 0.300. The van der Waals surface area contributed by atoms with Crippen LogP contribution in [0, 0.1) is 12.8 Å². The predicted molar refractivity (Wildman–Crippen MR) is 120 cm³/mol. The Kier molecular flexibility index (Phi) is 6.47. The van der Waals surface area contributed by atoms with Gasteiger partial charge in [0.1, 0.15) is 11.2 Å². The minimum Gasteiger partial charge on any atom is -0.326 e. The number of amides is 1. The molecule has 1 fully saturated rings. The average molecular weight is 495 g/mol. The number of anilines is 1. The van der Waals surface area contributed by atoms with Crippen LogP contribution in [0.2, 0.25) is 10.0 Å². The van der Waals surface area contributed by atoms with E-state index in [4.69, 9.17) is 23.2 Å². The third-order valence-electron chi connectivity index (χ3n) is 5.40. The summed E-state index contributed by atoms with van der Waals surface area (Å²) >= 11 is 12.0. The van der Waals surface area contributed by atoms with Crippen molar-refractivity contribution >= 4 is 44.8 Å². The molecule has 1 N–H and O–H groups in total. The van der Waals surface area contributed by atoms with E-state index in [9.17, 15) is 13.2 Å². The van der Waals surface area contributed by atoms with E-state index < -0.39 is 10.0 Å². The first-order valence-corrected chi connectivity index (χ1v) is 12.1. The Balaban J connectivity index is 1.40. The van der Waals surface area contributed by atoms with Crippen LogP contribution in [0.25, 0.3) is 5.69 Å². The molecule has 0 spiro atoms. The highest BCUT2D eigenvalue weighted by Crippen LogP contribution is 2.30. The molecule has 1 saturated heterocycles. The van der Waals surface area contributed by atoms with Crippen LogP contribution >= 0.6 is 23.2 Å². The molecular weight excluding hydrogens is 475 g/mol. The number of piperidine rings is 1. The van der Waals surface area contributed by atoms with E-state index in [0.29, 0.717) is 23.6 Å². The molecule has 0 bridgehead atoms. The van der Waals surface area contributed by atoms with Gasteiger partial charge in [0.05, 0.1) is 10.7 Å². The van der Waals surface area contributed by atoms with E-state index in [-0.39, 0.29) is 34.8 Å². The van der Waals surface area contributed by atoms with Gasteiger partial charge in [0.2, 0.25) is 15.9 Å². The maximum atomic E-state index is 13.0. The molecule has 0 radical (unpaired) electrons. The monoisotopic (exact) mass is 494 g/mol. The largest absolute Gasteiger partial charge is 0.326 e. The number of aryl methyl sites for hydroxylation is 1. The Morgan fingerprint density at radius 2 is 1.88 bits per heavy atom. The van der Waals surface area contributed by atoms with Crippen LogP contribution in [0.5, 0.6) is 0 Å². The molecule has 2 heterocycles. The SMILES string of the molecule is Cc1cc(NC(=O)C2CCN(S(=O)(=O)c3cc(Cl)ccc3Cl)CC2)ccc1-n1cnnn1. The molecule has 168 valence electrons. The second-order valence-electron chi connectivity index (χ2n) is 7.50. The summed E-state index contributed by atoms with van der Waals surface area (Å²) in [6, 6.07) is 9.79. The predicted octanol–water partition coefficient (Wildman–Crippen LogP) is 3.32. The topological polar surface area (TPSA) is 110 Å². The molecule has 3 aromatic rings. The molecule has 9 nitrogen and oxygen atoms in total. The maximum absolute atomic E-state index is 13.0. The molecule has 1 aliphatic heterocycles. The third-order valence-corrected chi connectivity index (χ3v) is 8.01. The summed E-state index contributed by atoms with van der Waals surface area (Å²) in [6.07, 6.45) is 2.31. The zero-order valence-corrected chi connectivity index (χ0v) is 19.4. The Morgan fingerprint density at radius 1 is 1.12 bits per heavy atom. The van der Waals surface area contributed by atoms with Crippen LogP contribution in [0.15, 0.2) is 47.6 Å². The van der Waals surface area contributed by atoms with E-state index in [0.717, 1.165) is 11.3 Å². The number of sulfonamides is 1. The smallest absolute Gasteiger partial charge is 0.244 e. The van der Waals surface area contributed by atoms with Crippen LogP contribution < -0.4 is 5.32 Å². The lowest BCUT2D eigenvalue weighted by atomic mass is 9.97. The zero-order chi connectivity index (χ0) is 22.9. The standard InChI is InChI=1S/C20H20Cl2N6O3S/c1-13-10-16(3-5-18(13)28-12-23-25-26-28)24-20(29)14-6-8-27(9-7-14)32(30,31)19-11-15(21)2-4-17(19)22/h2-5,10-12,14H,6-9H2,1H3,(H,24,29). The van der Waals surface area contributed by atoms with Gasteiger partial charge < -0.3 is 5.32 Å². The Morgan fingerprint density at radius 3 is 2.53 bits per heavy atom. The van der Waals surface area contributed by atoms with Crippen molar-refractivity contribution in [1.82, 2.24) is 24.5 Å². The Labute approximate surface area is 195 Å². The van der Waals surface area contributed by atoms with Gasteiger partial charge in [-0.1, -0.05) is 23.2 Å². The van der Waals surface area contributed by atoms with Crippen molar-refractivity contribution in [1.29, 1.82) is 0 Å². The normalized spacial score (nSPS) is 15.6. The minimum atomic E-state index is -3.79. The molecule has 12 heteroatoms. The average Bonchev–Trinajstić information content (AvgIpc) is 3.30. The summed E-state index contributed by atoms with van der Waals surface area (Å²) in [6.45, 7) is 2.35. The number of carbonyl (C=O) groups excluding carboxylic acids is 1. The number of halogens is 2. The van der Waals surface area contributed by atoms with E-state index in [1.165, 1.54) is 28.8 Å². The summed E-state index contributed by atoms with van der Waals surface area (Å²) in [7, 11) is -3.79. The number of aromatic nitrogens is 4. The molecule has 0 atom stereocenters. The Bertz CT molecular complexity index is 1240. The second-order valence-corrected chi connectivity index (χ2v) is 10.2. The first-order chi connectivity index (χ1) is 15.3. The van der Waals surface area contributed by atoms with Gasteiger partial charge in [0, 0.05) is 29.7 Å². The van der Waals surface area contributed by atoms with Gasteiger partial charge in [-0.15, -0.1) is 5.10 Å². The van der Waals surface area contributed by atoms with Crippen molar-refractivity contribution in [2.75, 3.05) is 18.4 Å². The van der Waals surface area contributed by atoms with Gasteiger partial charge in [-0.25, -0.2) is 13.1 Å². The fourth-order valence-electron chi connectivity index (χ4n) is 3.68. The van der Waals surface area contributed by atoms with E-state index in [1.807, 2.05) is 19.1 Å². The van der Waals surface area contributed by atoms with Gasteiger partial charge >= 0.3 is 0 Å². The highest BCUT2D eigenvalue weighted by atomic mass is 35.5. The van der Waals surface area contributed by atoms with Gasteiger partial charge in [0.15, 0.2) is 0 Å². The van der Waals surface area contributed by atoms with Crippen molar-refractivity contribution < 1.29 is 13.2 Å². The number of tetrazole rings is 1. The number of carbonyl (C=O) groups is 1. The molecule has 2 aromatic carbocycles. The molecule has 1 amide bonds. The molecule has 0 aliphatic carbocycles. The van der Waals surface area contributed by atoms with Crippen molar-refractivity contribution in [2.24, 2.45) is 5.92 Å². The van der Waals surface area contributed by atoms with Crippen LogP contribution in [0.1, 0.15) is 18.4 Å². The van der Waals surface area contributed by atoms with E-state index in [1.54, 1.807) is 10.7 Å². The van der Waals surface area contributed by atoms with Crippen LogP contribution in [-0.4, -0.2) is 51.9 Å². The van der Waals surface area contributed by atoms with Crippen LogP contribution in [-0.2, 0) is 14.8 Å². The lowest BCUT2D eigenvalue weighted by Crippen LogP contribution is -2.41. The Hall–Kier alpha value is -2.53. The number of hydrogen-bond acceptors (Lipinski definition) is 6. The number of nitrogens with zero attached hydrogens (tertiary/aromatic N) is 5. The summed E-state index contributed by atoms with van der Waals surface area (Å²) < 4.78 is 28.8. The number of benzene rings is 2. The van der Waals surface area contributed by atoms with Gasteiger partial charge in [-0.3, -0.25) is 4.79 Å². The highest BCUT2D eigenvalue weighted by Gasteiger charge is 2.33. The van der Waals surface area contributed by atoms with Gasteiger partial charge in [0.25, 0.3) is 0 Å². The quantitative estimate of drug-likeness (QED) is 0.582. The number of nitrogens with one attached hydrogen (secondary N) is 1. The summed E-state index contributed by atoms with van der Waals surface area (Å²) in [4.78, 5) is 12.7. The number of rotatable bonds is 5. The van der Waals surface area contributed by atoms with Gasteiger partial charge in [-0.2, -0.15) is 4.31 Å². The lowest BCUT2D eigenvalue weighted by Gasteiger charge is -2.30. The highest BCUT2D eigenvalue weighted by molar-refractivity contribution is 7.89.